The zero-order valence-corrected chi connectivity index (χ0v) is 11.6. The fraction of sp³-hybridized carbons (Fsp3) is 0.0833. The molecule has 114 valence electrons. The fourth-order valence-corrected chi connectivity index (χ4v) is 1.78. The number of anilines is 1. The summed E-state index contributed by atoms with van der Waals surface area (Å²) in [5.74, 6) is -1.71. The van der Waals surface area contributed by atoms with Crippen LogP contribution in [0.25, 0.3) is 0 Å². The second kappa shape index (κ2) is 6.22. The molecule has 22 heavy (non-hydrogen) atoms. The summed E-state index contributed by atoms with van der Waals surface area (Å²) in [6, 6.07) is 3.64. The zero-order valence-electron chi connectivity index (χ0n) is 10.9. The van der Waals surface area contributed by atoms with E-state index in [9.17, 15) is 19.7 Å². The number of amides is 1. The molecule has 0 bridgehead atoms. The van der Waals surface area contributed by atoms with Gasteiger partial charge in [0, 0.05) is 18.3 Å². The third-order valence-electron chi connectivity index (χ3n) is 2.62. The predicted molar refractivity (Wildman–Crippen MR) is 75.9 cm³/mol. The largest absolute Gasteiger partial charge is 0.478 e. The van der Waals surface area contributed by atoms with Gasteiger partial charge in [0.15, 0.2) is 0 Å². The predicted octanol–water partition coefficient (Wildman–Crippen LogP) is 1.78. The van der Waals surface area contributed by atoms with Crippen LogP contribution in [-0.2, 0) is 11.3 Å². The Hall–Kier alpha value is -2.94. The molecular weight excluding hydrogens is 316 g/mol. The monoisotopic (exact) mass is 324 g/mol. The first-order chi connectivity index (χ1) is 10.4. The third-order valence-corrected chi connectivity index (χ3v) is 2.95. The highest BCUT2D eigenvalue weighted by molar-refractivity contribution is 6.33. The topological polar surface area (TPSA) is 127 Å². The van der Waals surface area contributed by atoms with Crippen LogP contribution in [0.4, 0.5) is 11.4 Å². The van der Waals surface area contributed by atoms with Crippen molar-refractivity contribution in [3.63, 3.8) is 0 Å². The maximum Gasteiger partial charge on any atom is 0.338 e. The van der Waals surface area contributed by atoms with Crippen LogP contribution >= 0.6 is 11.6 Å². The maximum atomic E-state index is 11.8. The van der Waals surface area contributed by atoms with Crippen LogP contribution < -0.4 is 5.32 Å². The standard InChI is InChI=1S/C12H9ClN4O5/c13-9-2-1-8(17(21)22)3-10(9)15-11(18)6-16-5-7(4-14-16)12(19)20/h1-5H,6H2,(H,15,18)(H,19,20). The molecule has 0 atom stereocenters. The van der Waals surface area contributed by atoms with Gasteiger partial charge in [-0.25, -0.2) is 4.79 Å². The van der Waals surface area contributed by atoms with Crippen molar-refractivity contribution >= 4 is 34.9 Å². The maximum absolute atomic E-state index is 11.8. The van der Waals surface area contributed by atoms with E-state index in [2.05, 4.69) is 10.4 Å². The van der Waals surface area contributed by atoms with E-state index in [1.165, 1.54) is 18.3 Å². The number of carboxylic acid groups (broad SMARTS) is 1. The Morgan fingerprint density at radius 2 is 2.18 bits per heavy atom. The molecule has 0 radical (unpaired) electrons. The van der Waals surface area contributed by atoms with Crippen LogP contribution in [0.15, 0.2) is 30.6 Å². The average Bonchev–Trinajstić information content (AvgIpc) is 2.89. The van der Waals surface area contributed by atoms with Crippen molar-refractivity contribution in [2.75, 3.05) is 5.32 Å². The molecule has 0 aliphatic rings. The van der Waals surface area contributed by atoms with Gasteiger partial charge < -0.3 is 10.4 Å². The summed E-state index contributed by atoms with van der Waals surface area (Å²) in [6.45, 7) is -0.258. The Morgan fingerprint density at radius 3 is 2.77 bits per heavy atom. The minimum atomic E-state index is -1.16. The molecule has 0 spiro atoms. The van der Waals surface area contributed by atoms with Gasteiger partial charge >= 0.3 is 5.97 Å². The van der Waals surface area contributed by atoms with Crippen molar-refractivity contribution in [3.8, 4) is 0 Å². The molecular formula is C12H9ClN4O5. The lowest BCUT2D eigenvalue weighted by Gasteiger charge is -2.07. The van der Waals surface area contributed by atoms with Gasteiger partial charge in [0.05, 0.1) is 27.4 Å². The lowest BCUT2D eigenvalue weighted by atomic mass is 10.3. The van der Waals surface area contributed by atoms with Crippen molar-refractivity contribution in [1.29, 1.82) is 0 Å². The normalized spacial score (nSPS) is 10.2. The van der Waals surface area contributed by atoms with Gasteiger partial charge in [0.2, 0.25) is 5.91 Å². The number of carboxylic acids is 1. The number of nitrogens with one attached hydrogen (secondary N) is 1. The number of hydrogen-bond donors (Lipinski definition) is 2. The first-order valence-electron chi connectivity index (χ1n) is 5.86. The minimum absolute atomic E-state index is 0.0545. The van der Waals surface area contributed by atoms with E-state index in [0.29, 0.717) is 0 Å². The number of aromatic carboxylic acids is 1. The van der Waals surface area contributed by atoms with E-state index in [1.54, 1.807) is 0 Å². The average molecular weight is 325 g/mol. The Morgan fingerprint density at radius 1 is 1.45 bits per heavy atom. The van der Waals surface area contributed by atoms with Gasteiger partial charge in [-0.2, -0.15) is 5.10 Å². The minimum Gasteiger partial charge on any atom is -0.478 e. The number of hydrogen-bond acceptors (Lipinski definition) is 5. The second-order valence-electron chi connectivity index (χ2n) is 4.20. The molecule has 1 heterocycles. The van der Waals surface area contributed by atoms with E-state index in [0.717, 1.165) is 16.9 Å². The number of rotatable bonds is 5. The molecule has 1 aromatic heterocycles. The third kappa shape index (κ3) is 3.58. The molecule has 10 heteroatoms. The number of carbonyl (C=O) groups excluding carboxylic acids is 1. The molecule has 2 N–H and O–H groups in total. The van der Waals surface area contributed by atoms with Gasteiger partial charge in [-0.1, -0.05) is 11.6 Å². The highest BCUT2D eigenvalue weighted by Gasteiger charge is 2.13. The summed E-state index contributed by atoms with van der Waals surface area (Å²) < 4.78 is 1.13. The van der Waals surface area contributed by atoms with Crippen LogP contribution in [0, 0.1) is 10.1 Å². The number of carbonyl (C=O) groups is 2. The zero-order chi connectivity index (χ0) is 16.3. The smallest absolute Gasteiger partial charge is 0.338 e. The molecule has 9 nitrogen and oxygen atoms in total. The highest BCUT2D eigenvalue weighted by atomic mass is 35.5. The summed E-state index contributed by atoms with van der Waals surface area (Å²) in [5, 5.41) is 25.7. The molecule has 0 saturated carbocycles. The van der Waals surface area contributed by atoms with E-state index < -0.39 is 16.8 Å². The molecule has 0 saturated heterocycles. The van der Waals surface area contributed by atoms with Gasteiger partial charge in [-0.05, 0) is 6.07 Å². The number of benzene rings is 1. The van der Waals surface area contributed by atoms with Crippen LogP contribution in [0.2, 0.25) is 5.02 Å². The molecule has 2 aromatic rings. The summed E-state index contributed by atoms with van der Waals surface area (Å²) in [7, 11) is 0. The Balaban J connectivity index is 2.09. The Labute approximate surface area is 128 Å². The van der Waals surface area contributed by atoms with Crippen LogP contribution in [-0.4, -0.2) is 31.7 Å². The van der Waals surface area contributed by atoms with Gasteiger partial charge in [-0.15, -0.1) is 0 Å². The highest BCUT2D eigenvalue weighted by Crippen LogP contribution is 2.26. The summed E-state index contributed by atoms with van der Waals surface area (Å²) in [6.07, 6.45) is 2.30. The number of nitro benzene ring substituents is 1. The van der Waals surface area contributed by atoms with Gasteiger partial charge in [0.25, 0.3) is 5.69 Å². The van der Waals surface area contributed by atoms with Crippen LogP contribution in [0.1, 0.15) is 10.4 Å². The van der Waals surface area contributed by atoms with Crippen molar-refractivity contribution < 1.29 is 19.6 Å². The van der Waals surface area contributed by atoms with E-state index >= 15 is 0 Å². The van der Waals surface area contributed by atoms with Gasteiger partial charge in [-0.3, -0.25) is 19.6 Å². The lowest BCUT2D eigenvalue weighted by Crippen LogP contribution is -2.19. The van der Waals surface area contributed by atoms with Crippen molar-refractivity contribution in [2.45, 2.75) is 6.54 Å². The Bertz CT molecular complexity index is 758. The van der Waals surface area contributed by atoms with E-state index in [4.69, 9.17) is 16.7 Å². The fourth-order valence-electron chi connectivity index (χ4n) is 1.62. The molecule has 1 aromatic carbocycles. The second-order valence-corrected chi connectivity index (χ2v) is 4.61. The number of nitro groups is 1. The van der Waals surface area contributed by atoms with Crippen LogP contribution in [0.3, 0.4) is 0 Å². The van der Waals surface area contributed by atoms with Crippen LogP contribution in [0.5, 0.6) is 0 Å². The van der Waals surface area contributed by atoms with Gasteiger partial charge in [0.1, 0.15) is 6.54 Å². The van der Waals surface area contributed by atoms with Crippen molar-refractivity contribution in [3.05, 3.63) is 51.3 Å². The lowest BCUT2D eigenvalue weighted by molar-refractivity contribution is -0.384. The molecule has 0 unspecified atom stereocenters. The van der Waals surface area contributed by atoms with Crippen molar-refractivity contribution in [1.82, 2.24) is 9.78 Å². The molecule has 0 fully saturated rings. The molecule has 0 aliphatic heterocycles. The first-order valence-corrected chi connectivity index (χ1v) is 6.24. The molecule has 1 amide bonds. The number of aromatic nitrogens is 2. The number of non-ortho nitro benzene ring substituents is 1. The van der Waals surface area contributed by atoms with E-state index in [1.807, 2.05) is 0 Å². The summed E-state index contributed by atoms with van der Waals surface area (Å²) in [4.78, 5) is 32.6. The number of halogens is 1. The number of nitrogens with zero attached hydrogens (tertiary/aromatic N) is 3. The molecule has 0 aliphatic carbocycles. The first kappa shape index (κ1) is 15.4. The quantitative estimate of drug-likeness (QED) is 0.637. The molecule has 2 rings (SSSR count). The van der Waals surface area contributed by atoms with E-state index in [-0.39, 0.29) is 28.5 Å². The SMILES string of the molecule is O=C(Cn1cc(C(=O)O)cn1)Nc1cc([N+](=O)[O-])ccc1Cl. The van der Waals surface area contributed by atoms with Crippen molar-refractivity contribution in [2.24, 2.45) is 0 Å². The Kier molecular flexibility index (Phi) is 4.37. The summed E-state index contributed by atoms with van der Waals surface area (Å²) in [5.41, 5.74) is -0.181. The summed E-state index contributed by atoms with van der Waals surface area (Å²) >= 11 is 5.86.